The monoisotopic (exact) mass is 339 g/mol. The standard InChI is InChI=1S/C16H16F3N3O2/c17-16(18,19)15(24)6-8-22(9-7-15)14(23)12-10-20-21-13(12)11-4-2-1-3-5-11/h1-5,10,24H,6-9H2,(H,20,21). The van der Waals surface area contributed by atoms with Gasteiger partial charge in [-0.3, -0.25) is 9.89 Å². The number of amides is 1. The van der Waals surface area contributed by atoms with Crippen LogP contribution in [0.25, 0.3) is 11.3 Å². The van der Waals surface area contributed by atoms with Gasteiger partial charge in [0.05, 0.1) is 17.5 Å². The van der Waals surface area contributed by atoms with Crippen molar-refractivity contribution in [1.82, 2.24) is 15.1 Å². The molecule has 2 heterocycles. The van der Waals surface area contributed by atoms with Crippen LogP contribution in [0.2, 0.25) is 0 Å². The summed E-state index contributed by atoms with van der Waals surface area (Å²) in [5.74, 6) is -0.396. The fourth-order valence-corrected chi connectivity index (χ4v) is 2.81. The number of hydrogen-bond acceptors (Lipinski definition) is 3. The molecule has 8 heteroatoms. The number of H-pyrrole nitrogens is 1. The highest BCUT2D eigenvalue weighted by molar-refractivity contribution is 5.99. The van der Waals surface area contributed by atoms with E-state index in [-0.39, 0.29) is 13.1 Å². The number of benzene rings is 1. The molecule has 0 atom stereocenters. The normalized spacial score (nSPS) is 17.8. The zero-order valence-electron chi connectivity index (χ0n) is 12.7. The molecule has 2 aromatic rings. The lowest BCUT2D eigenvalue weighted by Crippen LogP contribution is -2.54. The maximum atomic E-state index is 12.8. The molecule has 0 bridgehead atoms. The third-order valence-electron chi connectivity index (χ3n) is 4.34. The van der Waals surface area contributed by atoms with Crippen molar-refractivity contribution < 1.29 is 23.1 Å². The highest BCUT2D eigenvalue weighted by Gasteiger charge is 2.55. The number of aromatic nitrogens is 2. The molecule has 1 fully saturated rings. The van der Waals surface area contributed by atoms with Crippen molar-refractivity contribution >= 4 is 5.91 Å². The van der Waals surface area contributed by atoms with Crippen molar-refractivity contribution in [2.24, 2.45) is 0 Å². The Labute approximate surface area is 136 Å². The van der Waals surface area contributed by atoms with Crippen LogP contribution in [0.3, 0.4) is 0 Å². The van der Waals surface area contributed by atoms with E-state index in [0.29, 0.717) is 11.3 Å². The molecule has 1 amide bonds. The van der Waals surface area contributed by atoms with E-state index in [1.54, 1.807) is 0 Å². The first-order chi connectivity index (χ1) is 11.3. The largest absolute Gasteiger partial charge is 0.417 e. The molecule has 3 rings (SSSR count). The highest BCUT2D eigenvalue weighted by Crippen LogP contribution is 2.38. The molecule has 24 heavy (non-hydrogen) atoms. The summed E-state index contributed by atoms with van der Waals surface area (Å²) in [7, 11) is 0. The number of nitrogens with one attached hydrogen (secondary N) is 1. The second-order valence-electron chi connectivity index (χ2n) is 5.85. The minimum atomic E-state index is -4.69. The van der Waals surface area contributed by atoms with E-state index in [4.69, 9.17) is 0 Å². The van der Waals surface area contributed by atoms with Gasteiger partial charge in [-0.15, -0.1) is 0 Å². The van der Waals surface area contributed by atoms with Crippen molar-refractivity contribution in [2.45, 2.75) is 24.6 Å². The molecule has 0 saturated carbocycles. The molecule has 1 aliphatic heterocycles. The molecule has 1 aliphatic rings. The molecule has 0 spiro atoms. The molecule has 0 radical (unpaired) electrons. The molecule has 1 aromatic carbocycles. The first-order valence-electron chi connectivity index (χ1n) is 7.49. The van der Waals surface area contributed by atoms with E-state index in [1.165, 1.54) is 11.1 Å². The van der Waals surface area contributed by atoms with Gasteiger partial charge >= 0.3 is 6.18 Å². The van der Waals surface area contributed by atoms with Crippen LogP contribution in [-0.4, -0.2) is 51.0 Å². The summed E-state index contributed by atoms with van der Waals surface area (Å²) in [5.41, 5.74) is -1.12. The summed E-state index contributed by atoms with van der Waals surface area (Å²) in [6.45, 7) is -0.317. The van der Waals surface area contributed by atoms with Gasteiger partial charge in [0.15, 0.2) is 5.60 Å². The first kappa shape index (κ1) is 16.5. The molecule has 0 unspecified atom stereocenters. The van der Waals surface area contributed by atoms with Gasteiger partial charge in [-0.25, -0.2) is 0 Å². The summed E-state index contributed by atoms with van der Waals surface area (Å²) in [5, 5.41) is 16.3. The van der Waals surface area contributed by atoms with Crippen molar-refractivity contribution in [3.05, 3.63) is 42.1 Å². The average Bonchev–Trinajstić information content (AvgIpc) is 3.04. The third kappa shape index (κ3) is 2.89. The Kier molecular flexibility index (Phi) is 4.08. The topological polar surface area (TPSA) is 69.2 Å². The predicted molar refractivity (Wildman–Crippen MR) is 80.2 cm³/mol. The number of alkyl halides is 3. The van der Waals surface area contributed by atoms with Crippen molar-refractivity contribution in [1.29, 1.82) is 0 Å². The third-order valence-corrected chi connectivity index (χ3v) is 4.34. The Morgan fingerprint density at radius 3 is 2.42 bits per heavy atom. The summed E-state index contributed by atoms with van der Waals surface area (Å²) >= 11 is 0. The number of piperidine rings is 1. The van der Waals surface area contributed by atoms with E-state index in [1.807, 2.05) is 30.3 Å². The van der Waals surface area contributed by atoms with Crippen LogP contribution >= 0.6 is 0 Å². The number of nitrogens with zero attached hydrogens (tertiary/aromatic N) is 2. The number of carbonyl (C=O) groups is 1. The van der Waals surface area contributed by atoms with Crippen LogP contribution in [0.5, 0.6) is 0 Å². The summed E-state index contributed by atoms with van der Waals surface area (Å²) < 4.78 is 38.5. The van der Waals surface area contributed by atoms with Gasteiger partial charge in [-0.05, 0) is 0 Å². The smallest absolute Gasteiger partial charge is 0.380 e. The molecule has 1 saturated heterocycles. The maximum Gasteiger partial charge on any atom is 0.417 e. The molecule has 2 N–H and O–H groups in total. The molecule has 0 aliphatic carbocycles. The first-order valence-corrected chi connectivity index (χ1v) is 7.49. The number of carbonyl (C=O) groups excluding carboxylic acids is 1. The number of halogens is 3. The lowest BCUT2D eigenvalue weighted by atomic mass is 9.90. The molecule has 128 valence electrons. The van der Waals surface area contributed by atoms with E-state index in [0.717, 1.165) is 5.56 Å². The quantitative estimate of drug-likeness (QED) is 0.884. The SMILES string of the molecule is O=C(c1cn[nH]c1-c1ccccc1)N1CCC(O)(C(F)(F)F)CC1. The Morgan fingerprint density at radius 1 is 1.21 bits per heavy atom. The highest BCUT2D eigenvalue weighted by atomic mass is 19.4. The fraction of sp³-hybridized carbons (Fsp3) is 0.375. The second kappa shape index (κ2) is 5.94. The van der Waals surface area contributed by atoms with Crippen LogP contribution in [0, 0.1) is 0 Å². The Hall–Kier alpha value is -2.35. The minimum absolute atomic E-state index is 0.158. The summed E-state index contributed by atoms with van der Waals surface area (Å²) in [6.07, 6.45) is -4.37. The minimum Gasteiger partial charge on any atom is -0.380 e. The number of aromatic amines is 1. The molecular weight excluding hydrogens is 323 g/mol. The van der Waals surface area contributed by atoms with Crippen LogP contribution in [0.1, 0.15) is 23.2 Å². The van der Waals surface area contributed by atoms with E-state index in [2.05, 4.69) is 10.2 Å². The second-order valence-corrected chi connectivity index (χ2v) is 5.85. The van der Waals surface area contributed by atoms with Crippen LogP contribution in [0.4, 0.5) is 13.2 Å². The van der Waals surface area contributed by atoms with Gasteiger partial charge in [0.25, 0.3) is 5.91 Å². The maximum absolute atomic E-state index is 12.8. The Bertz CT molecular complexity index is 720. The lowest BCUT2D eigenvalue weighted by Gasteiger charge is -2.39. The zero-order valence-corrected chi connectivity index (χ0v) is 12.7. The van der Waals surface area contributed by atoms with Gasteiger partial charge in [0, 0.05) is 31.5 Å². The summed E-state index contributed by atoms with van der Waals surface area (Å²) in [4.78, 5) is 13.9. The van der Waals surface area contributed by atoms with Gasteiger partial charge in [0.1, 0.15) is 0 Å². The number of hydrogen-bond donors (Lipinski definition) is 2. The van der Waals surface area contributed by atoms with Gasteiger partial charge < -0.3 is 10.0 Å². The molecule has 1 aromatic heterocycles. The van der Waals surface area contributed by atoms with E-state index in [9.17, 15) is 23.1 Å². The predicted octanol–water partition coefficient (Wildman–Crippen LogP) is 2.61. The van der Waals surface area contributed by atoms with Gasteiger partial charge in [-0.2, -0.15) is 18.3 Å². The van der Waals surface area contributed by atoms with Crippen LogP contribution < -0.4 is 0 Å². The van der Waals surface area contributed by atoms with Gasteiger partial charge in [-0.1, -0.05) is 30.3 Å². The lowest BCUT2D eigenvalue weighted by molar-refractivity contribution is -0.271. The van der Waals surface area contributed by atoms with Gasteiger partial charge in [0.2, 0.25) is 0 Å². The van der Waals surface area contributed by atoms with E-state index >= 15 is 0 Å². The van der Waals surface area contributed by atoms with Crippen LogP contribution in [-0.2, 0) is 0 Å². The van der Waals surface area contributed by atoms with Crippen LogP contribution in [0.15, 0.2) is 36.5 Å². The van der Waals surface area contributed by atoms with E-state index < -0.39 is 30.5 Å². The zero-order chi connectivity index (χ0) is 17.4. The Morgan fingerprint density at radius 2 is 1.83 bits per heavy atom. The number of aliphatic hydroxyl groups is 1. The fourth-order valence-electron chi connectivity index (χ4n) is 2.81. The Balaban J connectivity index is 1.77. The summed E-state index contributed by atoms with van der Waals surface area (Å²) in [6, 6.07) is 9.08. The average molecular weight is 339 g/mol. The molecule has 5 nitrogen and oxygen atoms in total. The van der Waals surface area contributed by atoms with Crippen molar-refractivity contribution in [2.75, 3.05) is 13.1 Å². The molecular formula is C16H16F3N3O2. The van der Waals surface area contributed by atoms with Crippen molar-refractivity contribution in [3.8, 4) is 11.3 Å². The van der Waals surface area contributed by atoms with Crippen molar-refractivity contribution in [3.63, 3.8) is 0 Å². The number of rotatable bonds is 2. The number of likely N-dealkylation sites (tertiary alicyclic amines) is 1.